The molecule has 0 saturated heterocycles. The van der Waals surface area contributed by atoms with E-state index in [0.717, 1.165) is 0 Å². The first-order valence-corrected chi connectivity index (χ1v) is 9.24. The number of hydrogen-bond acceptors (Lipinski definition) is 4. The second-order valence-electron chi connectivity index (χ2n) is 8.32. The molecule has 0 atom stereocenters. The quantitative estimate of drug-likeness (QED) is 0.712. The normalized spacial score (nSPS) is 15.1. The van der Waals surface area contributed by atoms with Gasteiger partial charge in [0.25, 0.3) is 0 Å². The highest BCUT2D eigenvalue weighted by molar-refractivity contribution is 5.91. The molecule has 0 fully saturated rings. The molecule has 0 spiro atoms. The summed E-state index contributed by atoms with van der Waals surface area (Å²) in [4.78, 5) is 12.1. The van der Waals surface area contributed by atoms with Gasteiger partial charge in [0.1, 0.15) is 22.8 Å². The van der Waals surface area contributed by atoms with Crippen LogP contribution in [0.2, 0.25) is 0 Å². The maximum Gasteiger partial charge on any atom is 0.412 e. The molecule has 5 nitrogen and oxygen atoms in total. The molecule has 29 heavy (non-hydrogen) atoms. The SMILES string of the molecule is CC(C)(C)OC(=O)Nc1ccc2c(c1)OC(C)(C)C(C#N)=C2c1ccc(F)cc1. The van der Waals surface area contributed by atoms with Gasteiger partial charge in [-0.3, -0.25) is 5.32 Å². The summed E-state index contributed by atoms with van der Waals surface area (Å²) in [5, 5.41) is 12.5. The predicted octanol–water partition coefficient (Wildman–Crippen LogP) is 5.67. The lowest BCUT2D eigenvalue weighted by molar-refractivity contribution is 0.0636. The molecular weight excluding hydrogens is 371 g/mol. The van der Waals surface area contributed by atoms with Gasteiger partial charge >= 0.3 is 6.09 Å². The van der Waals surface area contributed by atoms with Gasteiger partial charge in [-0.25, -0.2) is 9.18 Å². The van der Waals surface area contributed by atoms with Crippen LogP contribution in [0.4, 0.5) is 14.9 Å². The summed E-state index contributed by atoms with van der Waals surface area (Å²) in [5.41, 5.74) is 1.54. The minimum atomic E-state index is -0.893. The van der Waals surface area contributed by atoms with Crippen LogP contribution in [-0.2, 0) is 4.74 Å². The van der Waals surface area contributed by atoms with E-state index in [2.05, 4.69) is 11.4 Å². The molecule has 0 radical (unpaired) electrons. The van der Waals surface area contributed by atoms with Gasteiger partial charge in [0, 0.05) is 22.9 Å². The lowest BCUT2D eigenvalue weighted by Crippen LogP contribution is -2.34. The van der Waals surface area contributed by atoms with Crippen molar-refractivity contribution in [2.45, 2.75) is 45.8 Å². The number of carbonyl (C=O) groups excluding carboxylic acids is 1. The van der Waals surface area contributed by atoms with E-state index in [0.29, 0.717) is 33.7 Å². The molecular formula is C23H23FN2O3. The average Bonchev–Trinajstić information content (AvgIpc) is 2.58. The van der Waals surface area contributed by atoms with E-state index >= 15 is 0 Å². The molecule has 0 aliphatic carbocycles. The first kappa shape index (κ1) is 20.4. The van der Waals surface area contributed by atoms with Crippen molar-refractivity contribution in [3.05, 3.63) is 65.0 Å². The van der Waals surface area contributed by atoms with Gasteiger partial charge in [0.05, 0.1) is 11.6 Å². The molecule has 2 aromatic rings. The summed E-state index contributed by atoms with van der Waals surface area (Å²) in [7, 11) is 0. The molecule has 0 saturated carbocycles. The summed E-state index contributed by atoms with van der Waals surface area (Å²) < 4.78 is 24.8. The molecule has 1 amide bonds. The second kappa shape index (κ2) is 7.25. The highest BCUT2D eigenvalue weighted by Crippen LogP contribution is 2.44. The number of nitriles is 1. The third-order valence-corrected chi connectivity index (χ3v) is 4.36. The summed E-state index contributed by atoms with van der Waals surface area (Å²) in [6, 6.07) is 13.4. The minimum absolute atomic E-state index is 0.351. The second-order valence-corrected chi connectivity index (χ2v) is 8.32. The number of ether oxygens (including phenoxy) is 2. The Labute approximate surface area is 169 Å². The maximum atomic E-state index is 13.4. The number of benzene rings is 2. The first-order valence-electron chi connectivity index (χ1n) is 9.24. The molecule has 1 aliphatic heterocycles. The summed E-state index contributed by atoms with van der Waals surface area (Å²) in [5.74, 6) is 0.165. The molecule has 0 bridgehead atoms. The lowest BCUT2D eigenvalue weighted by Gasteiger charge is -2.34. The van der Waals surface area contributed by atoms with Crippen LogP contribution in [0.1, 0.15) is 45.7 Å². The third-order valence-electron chi connectivity index (χ3n) is 4.36. The van der Waals surface area contributed by atoms with E-state index in [1.54, 1.807) is 65.0 Å². The Morgan fingerprint density at radius 2 is 1.83 bits per heavy atom. The van der Waals surface area contributed by atoms with Crippen LogP contribution >= 0.6 is 0 Å². The molecule has 6 heteroatoms. The van der Waals surface area contributed by atoms with Crippen molar-refractivity contribution in [1.29, 1.82) is 5.26 Å². The zero-order valence-corrected chi connectivity index (χ0v) is 17.1. The zero-order chi connectivity index (χ0) is 21.4. The Balaban J connectivity index is 2.05. The summed E-state index contributed by atoms with van der Waals surface area (Å²) in [6.07, 6.45) is -0.570. The van der Waals surface area contributed by atoms with Crippen molar-refractivity contribution < 1.29 is 18.7 Å². The van der Waals surface area contributed by atoms with Gasteiger partial charge in [0.2, 0.25) is 0 Å². The Bertz CT molecular complexity index is 1030. The number of nitrogens with one attached hydrogen (secondary N) is 1. The van der Waals surface area contributed by atoms with Crippen molar-refractivity contribution in [3.8, 4) is 11.8 Å². The van der Waals surface area contributed by atoms with Crippen LogP contribution in [0.5, 0.6) is 5.75 Å². The molecule has 2 aromatic carbocycles. The van der Waals surface area contributed by atoms with Crippen LogP contribution in [0, 0.1) is 17.1 Å². The van der Waals surface area contributed by atoms with E-state index in [1.807, 2.05) is 0 Å². The average molecular weight is 394 g/mol. The van der Waals surface area contributed by atoms with Crippen molar-refractivity contribution >= 4 is 17.4 Å². The fourth-order valence-corrected chi connectivity index (χ4v) is 3.18. The highest BCUT2D eigenvalue weighted by atomic mass is 19.1. The number of rotatable bonds is 2. The number of halogens is 1. The van der Waals surface area contributed by atoms with E-state index < -0.39 is 17.3 Å². The van der Waals surface area contributed by atoms with Crippen LogP contribution in [0.15, 0.2) is 48.0 Å². The number of amides is 1. The zero-order valence-electron chi connectivity index (χ0n) is 17.1. The predicted molar refractivity (Wildman–Crippen MR) is 109 cm³/mol. The number of carbonyl (C=O) groups is 1. The maximum absolute atomic E-state index is 13.4. The molecule has 3 rings (SSSR count). The number of nitrogens with zero attached hydrogens (tertiary/aromatic N) is 1. The Morgan fingerprint density at radius 3 is 2.41 bits per heavy atom. The molecule has 0 unspecified atom stereocenters. The van der Waals surface area contributed by atoms with Gasteiger partial charge in [-0.2, -0.15) is 5.26 Å². The molecule has 0 aromatic heterocycles. The Kier molecular flexibility index (Phi) is 5.10. The number of hydrogen-bond donors (Lipinski definition) is 1. The monoisotopic (exact) mass is 394 g/mol. The first-order chi connectivity index (χ1) is 13.5. The fourth-order valence-electron chi connectivity index (χ4n) is 3.18. The van der Waals surface area contributed by atoms with Crippen molar-refractivity contribution in [2.24, 2.45) is 0 Å². The van der Waals surface area contributed by atoms with E-state index in [-0.39, 0.29) is 5.82 Å². The molecule has 1 N–H and O–H groups in total. The molecule has 150 valence electrons. The number of anilines is 1. The van der Waals surface area contributed by atoms with Gasteiger partial charge in [0.15, 0.2) is 0 Å². The third kappa shape index (κ3) is 4.40. The van der Waals surface area contributed by atoms with Crippen LogP contribution in [-0.4, -0.2) is 17.3 Å². The van der Waals surface area contributed by atoms with Crippen LogP contribution < -0.4 is 10.1 Å². The summed E-state index contributed by atoms with van der Waals surface area (Å²) >= 11 is 0. The highest BCUT2D eigenvalue weighted by Gasteiger charge is 2.36. The largest absolute Gasteiger partial charge is 0.482 e. The topological polar surface area (TPSA) is 71.3 Å². The fraction of sp³-hybridized carbons (Fsp3) is 0.304. The lowest BCUT2D eigenvalue weighted by atomic mass is 9.83. The van der Waals surface area contributed by atoms with Crippen molar-refractivity contribution in [1.82, 2.24) is 0 Å². The van der Waals surface area contributed by atoms with Gasteiger partial charge < -0.3 is 9.47 Å². The van der Waals surface area contributed by atoms with Crippen molar-refractivity contribution in [2.75, 3.05) is 5.32 Å². The van der Waals surface area contributed by atoms with Crippen LogP contribution in [0.25, 0.3) is 5.57 Å². The van der Waals surface area contributed by atoms with Crippen molar-refractivity contribution in [3.63, 3.8) is 0 Å². The summed E-state index contributed by atoms with van der Waals surface area (Å²) in [6.45, 7) is 8.95. The van der Waals surface area contributed by atoms with E-state index in [4.69, 9.17) is 9.47 Å². The standard InChI is InChI=1S/C23H23FN2O3/c1-22(2,3)29-21(27)26-16-10-11-17-19(12-16)28-23(4,5)18(13-25)20(17)14-6-8-15(24)9-7-14/h6-12H,1-5H3,(H,26,27). The Morgan fingerprint density at radius 1 is 1.17 bits per heavy atom. The van der Waals surface area contributed by atoms with E-state index in [9.17, 15) is 14.4 Å². The van der Waals surface area contributed by atoms with Gasteiger partial charge in [-0.1, -0.05) is 12.1 Å². The smallest absolute Gasteiger partial charge is 0.412 e. The van der Waals surface area contributed by atoms with E-state index in [1.165, 1.54) is 12.1 Å². The Hall–Kier alpha value is -3.33. The molecule has 1 aliphatic rings. The minimum Gasteiger partial charge on any atom is -0.482 e. The van der Waals surface area contributed by atoms with Gasteiger partial charge in [-0.15, -0.1) is 0 Å². The van der Waals surface area contributed by atoms with Crippen LogP contribution in [0.3, 0.4) is 0 Å². The van der Waals surface area contributed by atoms with Gasteiger partial charge in [-0.05, 0) is 64.4 Å². The number of fused-ring (bicyclic) bond motifs is 1. The molecule has 1 heterocycles.